The number of benzene rings is 15. The van der Waals surface area contributed by atoms with Crippen molar-refractivity contribution in [1.82, 2.24) is 44.9 Å². The number of para-hydroxylation sites is 3. The molecule has 6 aliphatic carbocycles. The summed E-state index contributed by atoms with van der Waals surface area (Å²) in [4.78, 5) is 41.5. The van der Waals surface area contributed by atoms with Gasteiger partial charge in [0, 0.05) is 120 Å². The molecule has 0 fully saturated rings. The fourth-order valence-corrected chi connectivity index (χ4v) is 25.9. The Morgan fingerprint density at radius 2 is 0.500 bits per heavy atom. The van der Waals surface area contributed by atoms with Gasteiger partial charge in [-0.3, -0.25) is 39.9 Å². The summed E-state index contributed by atoms with van der Waals surface area (Å²) in [7, 11) is 0. The third-order valence-electron chi connectivity index (χ3n) is 30.9. The molecule has 9 heterocycles. The molecule has 0 atom stereocenters. The summed E-state index contributed by atoms with van der Waals surface area (Å²) in [6.07, 6.45) is 9.05. The van der Waals surface area contributed by atoms with Gasteiger partial charge < -0.3 is 4.98 Å². The summed E-state index contributed by atoms with van der Waals surface area (Å²) in [5.74, 6) is 0. The molecule has 0 aliphatic heterocycles. The first-order valence-corrected chi connectivity index (χ1v) is 52.5. The van der Waals surface area contributed by atoms with Crippen LogP contribution in [-0.4, -0.2) is 44.9 Å². The van der Waals surface area contributed by atoms with Crippen molar-refractivity contribution in [2.45, 2.75) is 116 Å². The Morgan fingerprint density at radius 1 is 0.207 bits per heavy atom. The normalized spacial score (nSPS) is 14.2. The van der Waals surface area contributed by atoms with Crippen LogP contribution in [0.25, 0.3) is 196 Å². The zero-order valence-corrected chi connectivity index (χ0v) is 94.3. The third-order valence-corrected chi connectivity index (χ3v) is 34.2. The summed E-state index contributed by atoms with van der Waals surface area (Å²) in [6, 6.07) is 144. The SMILES string of the molecule is CC1(C)c2ccccc2-c2c[c-]c(-c3ccc4ccncc4n3)cc21.CC1(C)c2ccccc2-c2c[c-]c(-c3ccc4ncccc4n3)cc21.CC1(C)c2ccccc2-c2c[c-]c(-c3nc4ccccc4s3)cc21.CC1(C)c2ccccc2-c2c[c-]c(-c3nc4ccccc4s3)cc21.CC1(C)c2ccccc2-c2c[c-]c(-c3nc4ccccc4s3)cc21.CC1(C)c2ccccc2-c2c[c-]c(-c3nccc4ncccc34)cc21.[Ir].[Ir].[Ir]. The van der Waals surface area contributed by atoms with Crippen LogP contribution in [-0.2, 0) is 92.8 Å². The van der Waals surface area contributed by atoms with Crippen LogP contribution in [0.2, 0.25) is 0 Å². The number of fused-ring (bicyclic) bond motifs is 24. The van der Waals surface area contributed by atoms with Gasteiger partial charge >= 0.3 is 0 Å². The number of pyridine rings is 6. The van der Waals surface area contributed by atoms with Crippen LogP contribution < -0.4 is 0 Å². The van der Waals surface area contributed by atoms with Crippen LogP contribution in [0.1, 0.15) is 150 Å². The Bertz CT molecular complexity index is 8740. The minimum atomic E-state index is -0.0153. The molecule has 735 valence electrons. The monoisotopic (exact) mass is 2520 g/mol. The van der Waals surface area contributed by atoms with Crippen LogP contribution in [0.4, 0.5) is 0 Å². The topological polar surface area (TPSA) is 116 Å². The minimum absolute atomic E-state index is 0. The largest absolute Gasteiger partial charge is 0.304 e. The predicted molar refractivity (Wildman–Crippen MR) is 608 cm³/mol. The average Bonchev–Trinajstić information content (AvgIpc) is 1.60. The molecule has 0 bridgehead atoms. The van der Waals surface area contributed by atoms with Crippen molar-refractivity contribution < 1.29 is 60.3 Å². The van der Waals surface area contributed by atoms with Crippen molar-refractivity contribution >= 4 is 97.5 Å². The molecule has 3 radical (unpaired) electrons. The van der Waals surface area contributed by atoms with Gasteiger partial charge in [0.25, 0.3) is 0 Å². The standard InChI is InChI=1S/3C23H17N2.3C22H16NS.3Ir/c1-23(2)19-8-4-3-6-16(19)17-10-9-15(14-20(17)23)22-18-7-5-12-24-21(18)11-13-25-22;1-23(2)18-7-4-3-6-16(18)17-10-9-15(14-19(17)23)20-11-12-21-22(25-20)8-5-13-24-21;1-23(2)19-6-4-3-5-17(19)18-9-7-16(13-20(18)23)21-10-8-15-11-12-24-14-22(15)25-21;3*1-22(2)17-8-4-3-7-15(17)16-12-11-14(13-18(16)22)21-23-19-9-5-6-10-20(19)24-21;;;/h2*3-8,10-14H,1-2H3;3-6,8-14H,1-2H3;3*3-10,12-13H,1-2H3;;;/q6*-1;;;. The molecule has 30 rings (SSSR count). The average molecular weight is 2520 g/mol. The van der Waals surface area contributed by atoms with Gasteiger partial charge in [0.05, 0.1) is 44.8 Å². The molecule has 24 aromatic rings. The Labute approximate surface area is 927 Å². The van der Waals surface area contributed by atoms with Crippen LogP contribution in [0, 0.1) is 36.4 Å². The maximum Gasteiger partial charge on any atom is 0.0869 e. The Morgan fingerprint density at radius 3 is 0.867 bits per heavy atom. The molecule has 0 saturated heterocycles. The van der Waals surface area contributed by atoms with Crippen molar-refractivity contribution in [2.24, 2.45) is 0 Å². The van der Waals surface area contributed by atoms with E-state index in [0.717, 1.165) is 115 Å². The van der Waals surface area contributed by atoms with E-state index in [-0.39, 0.29) is 92.8 Å². The molecule has 0 saturated carbocycles. The van der Waals surface area contributed by atoms with Crippen LogP contribution in [0.3, 0.4) is 0 Å². The van der Waals surface area contributed by atoms with Crippen molar-refractivity contribution in [2.75, 3.05) is 0 Å². The molecule has 9 aromatic heterocycles. The molecule has 9 nitrogen and oxygen atoms in total. The number of hydrogen-bond donors (Lipinski definition) is 0. The molecule has 6 aliphatic rings. The van der Waals surface area contributed by atoms with E-state index in [2.05, 4.69) is 431 Å². The summed E-state index contributed by atoms with van der Waals surface area (Å²) in [5, 5.41) is 5.31. The number of thiazole rings is 3. The van der Waals surface area contributed by atoms with E-state index >= 15 is 0 Å². The fraction of sp³-hybridized carbons (Fsp3) is 0.133. The summed E-state index contributed by atoms with van der Waals surface area (Å²) >= 11 is 5.21. The van der Waals surface area contributed by atoms with Gasteiger partial charge in [-0.15, -0.1) is 176 Å². The summed E-state index contributed by atoms with van der Waals surface area (Å²) in [5.41, 5.74) is 48.3. The number of rotatable bonds is 6. The van der Waals surface area contributed by atoms with E-state index in [9.17, 15) is 0 Å². The zero-order valence-electron chi connectivity index (χ0n) is 84.6. The number of aromatic nitrogens is 9. The van der Waals surface area contributed by atoms with Gasteiger partial charge in [-0.25, -0.2) is 0 Å². The fourth-order valence-electron chi connectivity index (χ4n) is 23.0. The first-order chi connectivity index (χ1) is 71.4. The maximum absolute atomic E-state index is 4.79. The molecule has 0 N–H and O–H groups in total. The number of nitrogens with zero attached hydrogens (tertiary/aromatic N) is 9. The first-order valence-electron chi connectivity index (χ1n) is 50.1. The summed E-state index contributed by atoms with van der Waals surface area (Å²) < 4.78 is 3.68. The van der Waals surface area contributed by atoms with Crippen LogP contribution in [0.15, 0.2) is 383 Å². The van der Waals surface area contributed by atoms with E-state index in [1.807, 2.05) is 79.3 Å². The first kappa shape index (κ1) is 100. The van der Waals surface area contributed by atoms with E-state index < -0.39 is 0 Å². The molecule has 150 heavy (non-hydrogen) atoms. The Balaban J connectivity index is 0.000000101. The van der Waals surface area contributed by atoms with E-state index in [1.54, 1.807) is 46.4 Å². The number of hydrogen-bond acceptors (Lipinski definition) is 12. The van der Waals surface area contributed by atoms with Gasteiger partial charge in [0.2, 0.25) is 0 Å². The predicted octanol–water partition coefficient (Wildman–Crippen LogP) is 34.4. The zero-order chi connectivity index (χ0) is 100.0. The second-order valence-corrected chi connectivity index (χ2v) is 44.9. The Hall–Kier alpha value is -14.4. The molecule has 15 aromatic carbocycles. The second kappa shape index (κ2) is 39.5. The van der Waals surface area contributed by atoms with Gasteiger partial charge in [0.1, 0.15) is 0 Å². The summed E-state index contributed by atoms with van der Waals surface area (Å²) in [6.45, 7) is 27.6. The molecule has 0 spiro atoms. The maximum atomic E-state index is 4.79. The van der Waals surface area contributed by atoms with E-state index in [1.165, 1.54) is 148 Å². The van der Waals surface area contributed by atoms with Gasteiger partial charge in [-0.1, -0.05) is 356 Å². The third kappa shape index (κ3) is 17.4. The second-order valence-electron chi connectivity index (χ2n) is 41.8. The quantitative estimate of drug-likeness (QED) is 0.150. The van der Waals surface area contributed by atoms with E-state index in [0.29, 0.717) is 0 Å². The van der Waals surface area contributed by atoms with Crippen LogP contribution in [0.5, 0.6) is 0 Å². The van der Waals surface area contributed by atoms with Crippen LogP contribution >= 0.6 is 34.0 Å². The van der Waals surface area contributed by atoms with Gasteiger partial charge in [-0.05, 0) is 161 Å². The minimum Gasteiger partial charge on any atom is -0.304 e. The molecule has 0 amide bonds. The van der Waals surface area contributed by atoms with E-state index in [4.69, 9.17) is 24.9 Å². The van der Waals surface area contributed by atoms with Crippen molar-refractivity contribution in [1.29, 1.82) is 0 Å². The van der Waals surface area contributed by atoms with Crippen molar-refractivity contribution in [3.05, 3.63) is 486 Å². The van der Waals surface area contributed by atoms with Gasteiger partial charge in [-0.2, -0.15) is 34.0 Å². The van der Waals surface area contributed by atoms with Crippen molar-refractivity contribution in [3.8, 4) is 132 Å². The Kier molecular flexibility index (Phi) is 26.4. The molecular formula is C135H99Ir3N9S3-6. The molecule has 15 heteroatoms. The van der Waals surface area contributed by atoms with Gasteiger partial charge in [0.15, 0.2) is 0 Å². The molecular weight excluding hydrogens is 2420 g/mol. The van der Waals surface area contributed by atoms with Crippen molar-refractivity contribution in [3.63, 3.8) is 0 Å². The molecule has 0 unspecified atom stereocenters. The smallest absolute Gasteiger partial charge is 0.0869 e.